The van der Waals surface area contributed by atoms with Gasteiger partial charge in [0.2, 0.25) is 5.90 Å². The summed E-state index contributed by atoms with van der Waals surface area (Å²) in [6.45, 7) is 0.197. The second-order valence-electron chi connectivity index (χ2n) is 4.38. The fourth-order valence-electron chi connectivity index (χ4n) is 1.89. The van der Waals surface area contributed by atoms with Crippen molar-refractivity contribution >= 4 is 29.3 Å². The number of aliphatic imine (C=N–C) groups is 1. The van der Waals surface area contributed by atoms with E-state index in [1.54, 1.807) is 18.2 Å². The van der Waals surface area contributed by atoms with Crippen LogP contribution >= 0.6 is 11.3 Å². The van der Waals surface area contributed by atoms with Gasteiger partial charge >= 0.3 is 5.97 Å². The molecular weight excluding hydrogens is 298 g/mol. The van der Waals surface area contributed by atoms with E-state index >= 15 is 0 Å². The summed E-state index contributed by atoms with van der Waals surface area (Å²) in [5.41, 5.74) is 1.05. The van der Waals surface area contributed by atoms with E-state index in [4.69, 9.17) is 15.9 Å². The lowest BCUT2D eigenvalue weighted by molar-refractivity contribution is -0.129. The first-order valence-electron chi connectivity index (χ1n) is 6.49. The van der Waals surface area contributed by atoms with Crippen molar-refractivity contribution in [2.45, 2.75) is 0 Å². The summed E-state index contributed by atoms with van der Waals surface area (Å²) in [4.78, 5) is 16.9. The SMILES string of the molecule is C#CCOc1cccc(C=C2N=C(c3cccs3)OC2=O)c1. The molecule has 3 rings (SSSR count). The molecule has 4 nitrogen and oxygen atoms in total. The van der Waals surface area contributed by atoms with Gasteiger partial charge in [0.1, 0.15) is 12.4 Å². The standard InChI is InChI=1S/C17H11NO3S/c1-2-8-20-13-6-3-5-12(10-13)11-14-17(19)21-16(18-14)15-7-4-9-22-15/h1,3-7,9-11H,8H2. The van der Waals surface area contributed by atoms with E-state index in [0.717, 1.165) is 10.4 Å². The van der Waals surface area contributed by atoms with Crippen LogP contribution in [0.2, 0.25) is 0 Å². The second-order valence-corrected chi connectivity index (χ2v) is 5.33. The number of benzene rings is 1. The van der Waals surface area contributed by atoms with E-state index < -0.39 is 5.97 Å². The number of carbonyl (C=O) groups is 1. The smallest absolute Gasteiger partial charge is 0.363 e. The van der Waals surface area contributed by atoms with Gasteiger partial charge in [-0.1, -0.05) is 24.1 Å². The van der Waals surface area contributed by atoms with Gasteiger partial charge < -0.3 is 9.47 Å². The highest BCUT2D eigenvalue weighted by Gasteiger charge is 2.24. The minimum atomic E-state index is -0.460. The minimum absolute atomic E-state index is 0.197. The van der Waals surface area contributed by atoms with Crippen LogP contribution in [0.4, 0.5) is 0 Å². The third-order valence-corrected chi connectivity index (χ3v) is 3.69. The Kier molecular flexibility index (Phi) is 4.03. The average Bonchev–Trinajstić information content (AvgIpc) is 3.16. The van der Waals surface area contributed by atoms with Crippen LogP contribution in [0.3, 0.4) is 0 Å². The minimum Gasteiger partial charge on any atom is -0.481 e. The molecule has 2 heterocycles. The molecule has 0 bridgehead atoms. The predicted octanol–water partition coefficient (Wildman–Crippen LogP) is 3.10. The van der Waals surface area contributed by atoms with Gasteiger partial charge in [-0.05, 0) is 35.2 Å². The van der Waals surface area contributed by atoms with Crippen molar-refractivity contribution in [2.24, 2.45) is 4.99 Å². The number of hydrogen-bond acceptors (Lipinski definition) is 5. The number of hydrogen-bond donors (Lipinski definition) is 0. The Morgan fingerprint density at radius 2 is 2.27 bits per heavy atom. The summed E-state index contributed by atoms with van der Waals surface area (Å²) in [5, 5.41) is 1.90. The Balaban J connectivity index is 1.86. The highest BCUT2D eigenvalue weighted by Crippen LogP contribution is 2.22. The zero-order valence-electron chi connectivity index (χ0n) is 11.5. The molecule has 1 aliphatic heterocycles. The van der Waals surface area contributed by atoms with E-state index in [9.17, 15) is 4.79 Å². The molecule has 2 aromatic rings. The zero-order chi connectivity index (χ0) is 15.4. The van der Waals surface area contributed by atoms with Gasteiger partial charge in [0.15, 0.2) is 5.70 Å². The monoisotopic (exact) mass is 309 g/mol. The topological polar surface area (TPSA) is 47.9 Å². The van der Waals surface area contributed by atoms with Gasteiger partial charge in [0, 0.05) is 0 Å². The molecule has 0 amide bonds. The van der Waals surface area contributed by atoms with Gasteiger partial charge in [-0.2, -0.15) is 0 Å². The van der Waals surface area contributed by atoms with Gasteiger partial charge in [-0.15, -0.1) is 17.8 Å². The lowest BCUT2D eigenvalue weighted by atomic mass is 10.2. The van der Waals surface area contributed by atoms with Gasteiger partial charge in [-0.25, -0.2) is 9.79 Å². The predicted molar refractivity (Wildman–Crippen MR) is 85.7 cm³/mol. The second kappa shape index (κ2) is 6.29. The Bertz CT molecular complexity index is 798. The lowest BCUT2D eigenvalue weighted by Crippen LogP contribution is -2.03. The van der Waals surface area contributed by atoms with Crippen LogP contribution in [0.5, 0.6) is 5.75 Å². The lowest BCUT2D eigenvalue weighted by Gasteiger charge is -2.02. The fourth-order valence-corrected chi connectivity index (χ4v) is 2.54. The van der Waals surface area contributed by atoms with Crippen LogP contribution in [-0.4, -0.2) is 18.5 Å². The Morgan fingerprint density at radius 3 is 3.05 bits per heavy atom. The quantitative estimate of drug-likeness (QED) is 0.495. The maximum atomic E-state index is 11.9. The van der Waals surface area contributed by atoms with Crippen molar-refractivity contribution in [3.8, 4) is 18.1 Å². The molecule has 0 radical (unpaired) electrons. The van der Waals surface area contributed by atoms with Crippen LogP contribution < -0.4 is 4.74 Å². The molecule has 108 valence electrons. The summed E-state index contributed by atoms with van der Waals surface area (Å²) < 4.78 is 10.5. The molecule has 0 unspecified atom stereocenters. The third-order valence-electron chi connectivity index (χ3n) is 2.84. The van der Waals surface area contributed by atoms with Crippen LogP contribution in [0.25, 0.3) is 6.08 Å². The Labute approximate surface area is 131 Å². The molecule has 5 heteroatoms. The van der Waals surface area contributed by atoms with E-state index in [0.29, 0.717) is 11.6 Å². The van der Waals surface area contributed by atoms with Crippen molar-refractivity contribution in [1.29, 1.82) is 0 Å². The van der Waals surface area contributed by atoms with E-state index in [1.165, 1.54) is 11.3 Å². The highest BCUT2D eigenvalue weighted by atomic mass is 32.1. The van der Waals surface area contributed by atoms with Crippen molar-refractivity contribution in [3.63, 3.8) is 0 Å². The third kappa shape index (κ3) is 3.08. The van der Waals surface area contributed by atoms with Crippen LogP contribution in [0, 0.1) is 12.3 Å². The number of terminal acetylenes is 1. The van der Waals surface area contributed by atoms with Gasteiger partial charge in [0.25, 0.3) is 0 Å². The van der Waals surface area contributed by atoms with Crippen molar-refractivity contribution in [2.75, 3.05) is 6.61 Å². The van der Waals surface area contributed by atoms with E-state index in [-0.39, 0.29) is 12.3 Å². The Morgan fingerprint density at radius 1 is 1.36 bits per heavy atom. The molecule has 0 N–H and O–H groups in total. The van der Waals surface area contributed by atoms with Gasteiger partial charge in [-0.3, -0.25) is 0 Å². The first-order chi connectivity index (χ1) is 10.8. The summed E-state index contributed by atoms with van der Waals surface area (Å²) in [6, 6.07) is 11.0. The normalized spacial score (nSPS) is 15.3. The number of nitrogens with zero attached hydrogens (tertiary/aromatic N) is 1. The first kappa shape index (κ1) is 14.1. The number of ether oxygens (including phenoxy) is 2. The molecule has 1 aliphatic rings. The van der Waals surface area contributed by atoms with Crippen LogP contribution in [0.15, 0.2) is 52.5 Å². The molecular formula is C17H11NO3S. The number of carbonyl (C=O) groups excluding carboxylic acids is 1. The highest BCUT2D eigenvalue weighted by molar-refractivity contribution is 7.12. The number of cyclic esters (lactones) is 1. The van der Waals surface area contributed by atoms with E-state index in [1.807, 2.05) is 29.6 Å². The van der Waals surface area contributed by atoms with Crippen LogP contribution in [-0.2, 0) is 9.53 Å². The van der Waals surface area contributed by atoms with Crippen molar-refractivity contribution in [3.05, 3.63) is 57.9 Å². The molecule has 0 fully saturated rings. The molecule has 0 spiro atoms. The Hall–Kier alpha value is -2.84. The molecule has 1 aromatic carbocycles. The average molecular weight is 309 g/mol. The zero-order valence-corrected chi connectivity index (χ0v) is 12.3. The summed E-state index contributed by atoms with van der Waals surface area (Å²) in [7, 11) is 0. The summed E-state index contributed by atoms with van der Waals surface area (Å²) in [5.74, 6) is 2.92. The number of rotatable bonds is 4. The molecule has 0 atom stereocenters. The van der Waals surface area contributed by atoms with Crippen molar-refractivity contribution < 1.29 is 14.3 Å². The van der Waals surface area contributed by atoms with Crippen LogP contribution in [0.1, 0.15) is 10.4 Å². The van der Waals surface area contributed by atoms with Crippen molar-refractivity contribution in [1.82, 2.24) is 0 Å². The summed E-state index contributed by atoms with van der Waals surface area (Å²) in [6.07, 6.45) is 6.82. The largest absolute Gasteiger partial charge is 0.481 e. The fraction of sp³-hybridized carbons (Fsp3) is 0.0588. The number of thiophene rings is 1. The summed E-state index contributed by atoms with van der Waals surface area (Å²) >= 11 is 1.47. The van der Waals surface area contributed by atoms with E-state index in [2.05, 4.69) is 10.9 Å². The molecule has 22 heavy (non-hydrogen) atoms. The molecule has 0 saturated carbocycles. The molecule has 0 aliphatic carbocycles. The molecule has 0 saturated heterocycles. The first-order valence-corrected chi connectivity index (χ1v) is 7.37. The van der Waals surface area contributed by atoms with Gasteiger partial charge in [0.05, 0.1) is 4.88 Å². The molecule has 1 aromatic heterocycles. The maximum Gasteiger partial charge on any atom is 0.363 e. The number of esters is 1. The maximum absolute atomic E-state index is 11.9.